The van der Waals surface area contributed by atoms with Gasteiger partial charge in [-0.1, -0.05) is 42.5 Å². The summed E-state index contributed by atoms with van der Waals surface area (Å²) >= 11 is 0. The van der Waals surface area contributed by atoms with Gasteiger partial charge in [-0.2, -0.15) is 0 Å². The fraction of sp³-hybridized carbons (Fsp3) is 0.143. The molecular formula is C21H20N4O3. The van der Waals surface area contributed by atoms with Crippen molar-refractivity contribution in [2.45, 2.75) is 13.5 Å². The molecule has 0 aliphatic carbocycles. The SMILES string of the molecule is COC(=O)c1ccccc1Nc1cc(C(=O)NCc2ccccc2)nc(C)n1. The van der Waals surface area contributed by atoms with E-state index >= 15 is 0 Å². The van der Waals surface area contributed by atoms with Crippen LogP contribution in [-0.2, 0) is 11.3 Å². The van der Waals surface area contributed by atoms with Gasteiger partial charge in [0.1, 0.15) is 17.3 Å². The monoisotopic (exact) mass is 376 g/mol. The minimum atomic E-state index is -0.463. The zero-order chi connectivity index (χ0) is 19.9. The van der Waals surface area contributed by atoms with Gasteiger partial charge in [0.15, 0.2) is 0 Å². The highest BCUT2D eigenvalue weighted by Crippen LogP contribution is 2.21. The summed E-state index contributed by atoms with van der Waals surface area (Å²) in [5, 5.41) is 5.91. The van der Waals surface area contributed by atoms with E-state index in [2.05, 4.69) is 20.6 Å². The first-order valence-electron chi connectivity index (χ1n) is 8.69. The standard InChI is InChI=1S/C21H20N4O3/c1-14-23-18(20(26)22-13-15-8-4-3-5-9-15)12-19(24-14)25-17-11-7-6-10-16(17)21(27)28-2/h3-12H,13H2,1-2H3,(H,22,26)(H,23,24,25). The van der Waals surface area contributed by atoms with Crippen molar-refractivity contribution in [1.82, 2.24) is 15.3 Å². The minimum Gasteiger partial charge on any atom is -0.465 e. The molecule has 0 spiro atoms. The van der Waals surface area contributed by atoms with Crippen LogP contribution in [0.4, 0.5) is 11.5 Å². The topological polar surface area (TPSA) is 93.2 Å². The Bertz CT molecular complexity index is 990. The average molecular weight is 376 g/mol. The average Bonchev–Trinajstić information content (AvgIpc) is 2.72. The maximum atomic E-state index is 12.5. The second kappa shape index (κ2) is 8.77. The molecule has 1 heterocycles. The van der Waals surface area contributed by atoms with E-state index in [1.165, 1.54) is 7.11 Å². The van der Waals surface area contributed by atoms with E-state index < -0.39 is 5.97 Å². The van der Waals surface area contributed by atoms with E-state index in [0.29, 0.717) is 29.4 Å². The Morgan fingerprint density at radius 1 is 1.00 bits per heavy atom. The number of esters is 1. The molecule has 0 aliphatic heterocycles. The highest BCUT2D eigenvalue weighted by atomic mass is 16.5. The van der Waals surface area contributed by atoms with Crippen LogP contribution in [0.25, 0.3) is 0 Å². The van der Waals surface area contributed by atoms with Crippen molar-refractivity contribution in [3.05, 3.63) is 83.3 Å². The molecule has 0 bridgehead atoms. The summed E-state index contributed by atoms with van der Waals surface area (Å²) in [6.45, 7) is 2.10. The van der Waals surface area contributed by atoms with Crippen LogP contribution in [0.15, 0.2) is 60.7 Å². The van der Waals surface area contributed by atoms with Gasteiger partial charge >= 0.3 is 5.97 Å². The van der Waals surface area contributed by atoms with Gasteiger partial charge in [-0.3, -0.25) is 4.79 Å². The molecular weight excluding hydrogens is 356 g/mol. The summed E-state index contributed by atoms with van der Waals surface area (Å²) in [6, 6.07) is 18.1. The van der Waals surface area contributed by atoms with Gasteiger partial charge in [0.2, 0.25) is 0 Å². The zero-order valence-corrected chi connectivity index (χ0v) is 15.6. The number of aryl methyl sites for hydroxylation is 1. The molecule has 0 fully saturated rings. The van der Waals surface area contributed by atoms with E-state index in [9.17, 15) is 9.59 Å². The lowest BCUT2D eigenvalue weighted by Crippen LogP contribution is -2.24. The molecule has 142 valence electrons. The van der Waals surface area contributed by atoms with Crippen molar-refractivity contribution < 1.29 is 14.3 Å². The van der Waals surface area contributed by atoms with Gasteiger partial charge in [-0.15, -0.1) is 0 Å². The molecule has 0 radical (unpaired) electrons. The summed E-state index contributed by atoms with van der Waals surface area (Å²) < 4.78 is 4.80. The Balaban J connectivity index is 1.78. The molecule has 0 unspecified atom stereocenters. The van der Waals surface area contributed by atoms with Crippen LogP contribution in [0, 0.1) is 6.92 Å². The lowest BCUT2D eigenvalue weighted by molar-refractivity contribution is 0.0601. The predicted octanol–water partition coefficient (Wildman–Crippen LogP) is 3.25. The summed E-state index contributed by atoms with van der Waals surface area (Å²) in [5.74, 6) is 0.0764. The number of aromatic nitrogens is 2. The van der Waals surface area contributed by atoms with Crippen molar-refractivity contribution in [2.24, 2.45) is 0 Å². The van der Waals surface area contributed by atoms with E-state index in [1.54, 1.807) is 37.3 Å². The first kappa shape index (κ1) is 19.0. The van der Waals surface area contributed by atoms with E-state index in [4.69, 9.17) is 4.74 Å². The molecule has 0 atom stereocenters. The van der Waals surface area contributed by atoms with Gasteiger partial charge in [-0.05, 0) is 24.6 Å². The second-order valence-electron chi connectivity index (χ2n) is 6.02. The molecule has 1 aromatic heterocycles. The van der Waals surface area contributed by atoms with Crippen LogP contribution in [0.5, 0.6) is 0 Å². The predicted molar refractivity (Wildman–Crippen MR) is 105 cm³/mol. The number of nitrogens with one attached hydrogen (secondary N) is 2. The van der Waals surface area contributed by atoms with Crippen molar-refractivity contribution in [1.29, 1.82) is 0 Å². The fourth-order valence-corrected chi connectivity index (χ4v) is 2.63. The Morgan fingerprint density at radius 2 is 1.71 bits per heavy atom. The zero-order valence-electron chi connectivity index (χ0n) is 15.6. The number of amides is 1. The third kappa shape index (κ3) is 4.70. The number of anilines is 2. The van der Waals surface area contributed by atoms with E-state index in [0.717, 1.165) is 5.56 Å². The molecule has 2 N–H and O–H groups in total. The molecule has 0 aliphatic rings. The lowest BCUT2D eigenvalue weighted by Gasteiger charge is -2.12. The number of methoxy groups -OCH3 is 1. The van der Waals surface area contributed by atoms with Crippen LogP contribution in [0.2, 0.25) is 0 Å². The number of rotatable bonds is 6. The highest BCUT2D eigenvalue weighted by molar-refractivity contribution is 5.97. The van der Waals surface area contributed by atoms with Crippen LogP contribution in [-0.4, -0.2) is 29.0 Å². The van der Waals surface area contributed by atoms with E-state index in [1.807, 2.05) is 30.3 Å². The Labute approximate surface area is 162 Å². The van der Waals surface area contributed by atoms with Crippen molar-refractivity contribution in [3.63, 3.8) is 0 Å². The van der Waals surface area contributed by atoms with Gasteiger partial charge in [0, 0.05) is 12.6 Å². The second-order valence-corrected chi connectivity index (χ2v) is 6.02. The maximum Gasteiger partial charge on any atom is 0.339 e. The van der Waals surface area contributed by atoms with Gasteiger partial charge < -0.3 is 15.4 Å². The number of para-hydroxylation sites is 1. The van der Waals surface area contributed by atoms with Crippen molar-refractivity contribution in [3.8, 4) is 0 Å². The summed E-state index contributed by atoms with van der Waals surface area (Å²) in [5.41, 5.74) is 2.13. The van der Waals surface area contributed by atoms with Crippen molar-refractivity contribution >= 4 is 23.4 Å². The fourth-order valence-electron chi connectivity index (χ4n) is 2.63. The molecule has 0 saturated heterocycles. The number of ether oxygens (including phenoxy) is 1. The van der Waals surface area contributed by atoms with Crippen LogP contribution < -0.4 is 10.6 Å². The first-order chi connectivity index (χ1) is 13.6. The first-order valence-corrected chi connectivity index (χ1v) is 8.69. The highest BCUT2D eigenvalue weighted by Gasteiger charge is 2.14. The smallest absolute Gasteiger partial charge is 0.339 e. The lowest BCUT2D eigenvalue weighted by atomic mass is 10.2. The summed E-state index contributed by atoms with van der Waals surface area (Å²) in [7, 11) is 1.32. The molecule has 2 aromatic carbocycles. The minimum absolute atomic E-state index is 0.237. The number of nitrogens with zero attached hydrogens (tertiary/aromatic N) is 2. The third-order valence-electron chi connectivity index (χ3n) is 3.96. The normalized spacial score (nSPS) is 10.2. The van der Waals surface area contributed by atoms with Crippen LogP contribution >= 0.6 is 0 Å². The number of carbonyl (C=O) groups excluding carboxylic acids is 2. The van der Waals surface area contributed by atoms with E-state index in [-0.39, 0.29) is 11.6 Å². The number of hydrogen-bond donors (Lipinski definition) is 2. The number of benzene rings is 2. The van der Waals surface area contributed by atoms with Gasteiger partial charge in [0.25, 0.3) is 5.91 Å². The Kier molecular flexibility index (Phi) is 5.96. The Morgan fingerprint density at radius 3 is 2.46 bits per heavy atom. The molecule has 3 aromatic rings. The number of hydrogen-bond acceptors (Lipinski definition) is 6. The van der Waals surface area contributed by atoms with Gasteiger partial charge in [0.05, 0.1) is 18.4 Å². The molecule has 7 nitrogen and oxygen atoms in total. The summed E-state index contributed by atoms with van der Waals surface area (Å²) in [4.78, 5) is 32.9. The molecule has 1 amide bonds. The van der Waals surface area contributed by atoms with Gasteiger partial charge in [-0.25, -0.2) is 14.8 Å². The number of carbonyl (C=O) groups is 2. The molecule has 7 heteroatoms. The van der Waals surface area contributed by atoms with Crippen molar-refractivity contribution in [2.75, 3.05) is 12.4 Å². The van der Waals surface area contributed by atoms with Crippen LogP contribution in [0.3, 0.4) is 0 Å². The molecule has 3 rings (SSSR count). The van der Waals surface area contributed by atoms with Crippen LogP contribution in [0.1, 0.15) is 32.2 Å². The quantitative estimate of drug-likeness (QED) is 0.642. The largest absolute Gasteiger partial charge is 0.465 e. The molecule has 28 heavy (non-hydrogen) atoms. The Hall–Kier alpha value is -3.74. The maximum absolute atomic E-state index is 12.5. The molecule has 0 saturated carbocycles. The summed E-state index contributed by atoms with van der Waals surface area (Å²) in [6.07, 6.45) is 0. The third-order valence-corrected chi connectivity index (χ3v) is 3.96.